The molecular weight excluding hydrogens is 318 g/mol. The maximum Gasteiger partial charge on any atom is 0.0116 e. The molecule has 1 aliphatic heterocycles. The number of hydrogen-bond donors (Lipinski definition) is 0. The van der Waals surface area contributed by atoms with Crippen molar-refractivity contribution in [1.29, 1.82) is 0 Å². The van der Waals surface area contributed by atoms with Gasteiger partial charge in [0.15, 0.2) is 0 Å². The maximum atomic E-state index is 3.49. The van der Waals surface area contributed by atoms with Gasteiger partial charge in [-0.25, -0.2) is 0 Å². The lowest BCUT2D eigenvalue weighted by Gasteiger charge is -2.22. The van der Waals surface area contributed by atoms with Crippen molar-refractivity contribution in [2.24, 2.45) is 0 Å². The van der Waals surface area contributed by atoms with Gasteiger partial charge in [-0.1, -0.05) is 61.9 Å². The van der Waals surface area contributed by atoms with Crippen LogP contribution in [0.15, 0.2) is 0 Å². The SMILES string of the molecule is CC1(C)CCN(CCCCCCCCCBr)CCS1. The summed E-state index contributed by atoms with van der Waals surface area (Å²) in [5, 5.41) is 1.18. The summed E-state index contributed by atoms with van der Waals surface area (Å²) in [5.41, 5.74) is 0. The molecule has 0 spiro atoms. The topological polar surface area (TPSA) is 3.24 Å². The highest BCUT2D eigenvalue weighted by molar-refractivity contribution is 9.09. The monoisotopic (exact) mass is 349 g/mol. The minimum Gasteiger partial charge on any atom is -0.302 e. The number of nitrogens with zero attached hydrogens (tertiary/aromatic N) is 1. The molecule has 0 unspecified atom stereocenters. The first-order valence-corrected chi connectivity index (χ1v) is 10.2. The van der Waals surface area contributed by atoms with Crippen molar-refractivity contribution >= 4 is 27.7 Å². The van der Waals surface area contributed by atoms with Gasteiger partial charge in [0.05, 0.1) is 0 Å². The molecule has 0 aromatic heterocycles. The molecule has 1 saturated heterocycles. The second-order valence-electron chi connectivity index (χ2n) is 6.36. The molecule has 3 heteroatoms. The van der Waals surface area contributed by atoms with Crippen LogP contribution in [-0.4, -0.2) is 40.4 Å². The molecule has 1 rings (SSSR count). The fraction of sp³-hybridized carbons (Fsp3) is 1.00. The van der Waals surface area contributed by atoms with E-state index in [0.29, 0.717) is 4.75 Å². The predicted octanol–water partition coefficient (Wildman–Crippen LogP) is 5.33. The summed E-state index contributed by atoms with van der Waals surface area (Å²) in [5.74, 6) is 1.32. The van der Waals surface area contributed by atoms with Crippen LogP contribution >= 0.6 is 27.7 Å². The van der Waals surface area contributed by atoms with Crippen LogP contribution in [0.3, 0.4) is 0 Å². The molecule has 19 heavy (non-hydrogen) atoms. The van der Waals surface area contributed by atoms with Crippen LogP contribution in [0.5, 0.6) is 0 Å². The molecule has 114 valence electrons. The first kappa shape index (κ1) is 17.8. The lowest BCUT2D eigenvalue weighted by Crippen LogP contribution is -2.28. The van der Waals surface area contributed by atoms with E-state index in [-0.39, 0.29) is 0 Å². The summed E-state index contributed by atoms with van der Waals surface area (Å²) >= 11 is 5.65. The van der Waals surface area contributed by atoms with Crippen molar-refractivity contribution < 1.29 is 0 Å². The summed E-state index contributed by atoms with van der Waals surface area (Å²) in [6.07, 6.45) is 11.3. The van der Waals surface area contributed by atoms with E-state index in [9.17, 15) is 0 Å². The fourth-order valence-corrected chi connectivity index (χ4v) is 4.13. The Balaban J connectivity index is 1.94. The van der Waals surface area contributed by atoms with Crippen LogP contribution in [0.2, 0.25) is 0 Å². The fourth-order valence-electron chi connectivity index (χ4n) is 2.60. The first-order chi connectivity index (χ1) is 9.14. The standard InChI is InChI=1S/C16H32BrNS/c1-16(2)10-13-18(14-15-19-16)12-9-7-5-3-4-6-8-11-17/h3-15H2,1-2H3. The lowest BCUT2D eigenvalue weighted by molar-refractivity contribution is 0.277. The Bertz CT molecular complexity index is 221. The Morgan fingerprint density at radius 3 is 2.26 bits per heavy atom. The third kappa shape index (κ3) is 9.36. The lowest BCUT2D eigenvalue weighted by atomic mass is 10.1. The molecule has 0 aliphatic carbocycles. The molecule has 0 radical (unpaired) electrons. The summed E-state index contributed by atoms with van der Waals surface area (Å²) in [6, 6.07) is 0. The highest BCUT2D eigenvalue weighted by Gasteiger charge is 2.23. The quantitative estimate of drug-likeness (QED) is 0.408. The summed E-state index contributed by atoms with van der Waals surface area (Å²) in [7, 11) is 0. The van der Waals surface area contributed by atoms with E-state index in [1.165, 1.54) is 82.1 Å². The van der Waals surface area contributed by atoms with Gasteiger partial charge in [0, 0.05) is 22.4 Å². The van der Waals surface area contributed by atoms with Crippen molar-refractivity contribution in [3.05, 3.63) is 0 Å². The molecule has 0 saturated carbocycles. The van der Waals surface area contributed by atoms with Crippen LogP contribution in [0, 0.1) is 0 Å². The van der Waals surface area contributed by atoms with E-state index in [1.807, 2.05) is 0 Å². The average molecular weight is 350 g/mol. The molecule has 0 atom stereocenters. The van der Waals surface area contributed by atoms with Crippen molar-refractivity contribution in [2.75, 3.05) is 30.7 Å². The second-order valence-corrected chi connectivity index (χ2v) is 8.96. The van der Waals surface area contributed by atoms with Crippen LogP contribution in [0.1, 0.15) is 65.2 Å². The molecule has 1 nitrogen and oxygen atoms in total. The highest BCUT2D eigenvalue weighted by atomic mass is 79.9. The maximum absolute atomic E-state index is 3.49. The van der Waals surface area contributed by atoms with Gasteiger partial charge >= 0.3 is 0 Å². The van der Waals surface area contributed by atoms with Crippen molar-refractivity contribution in [3.63, 3.8) is 0 Å². The van der Waals surface area contributed by atoms with Crippen molar-refractivity contribution in [2.45, 2.75) is 70.0 Å². The van der Waals surface area contributed by atoms with Gasteiger partial charge in [-0.2, -0.15) is 11.8 Å². The first-order valence-electron chi connectivity index (χ1n) is 8.06. The second kappa shape index (κ2) is 10.5. The Labute approximate surface area is 133 Å². The van der Waals surface area contributed by atoms with E-state index in [1.54, 1.807) is 0 Å². The molecule has 0 bridgehead atoms. The smallest absolute Gasteiger partial charge is 0.0116 e. The molecule has 0 N–H and O–H groups in total. The molecule has 1 heterocycles. The van der Waals surface area contributed by atoms with Gasteiger partial charge in [-0.3, -0.25) is 0 Å². The zero-order valence-electron chi connectivity index (χ0n) is 12.9. The molecule has 1 aliphatic rings. The zero-order chi connectivity index (χ0) is 14.0. The third-order valence-electron chi connectivity index (χ3n) is 4.04. The summed E-state index contributed by atoms with van der Waals surface area (Å²) in [4.78, 5) is 2.69. The van der Waals surface area contributed by atoms with Crippen LogP contribution in [0.4, 0.5) is 0 Å². The Morgan fingerprint density at radius 2 is 1.58 bits per heavy atom. The van der Waals surface area contributed by atoms with E-state index >= 15 is 0 Å². The molecular formula is C16H32BrNS. The predicted molar refractivity (Wildman–Crippen MR) is 93.7 cm³/mol. The Hall–Kier alpha value is 0.790. The zero-order valence-corrected chi connectivity index (χ0v) is 15.3. The van der Waals surface area contributed by atoms with Crippen LogP contribution < -0.4 is 0 Å². The number of hydrogen-bond acceptors (Lipinski definition) is 2. The number of alkyl halides is 1. The van der Waals surface area contributed by atoms with Crippen LogP contribution in [0.25, 0.3) is 0 Å². The van der Waals surface area contributed by atoms with Gasteiger partial charge in [-0.15, -0.1) is 0 Å². The molecule has 0 amide bonds. The van der Waals surface area contributed by atoms with Crippen molar-refractivity contribution in [1.82, 2.24) is 4.90 Å². The third-order valence-corrected chi connectivity index (χ3v) is 5.97. The highest BCUT2D eigenvalue weighted by Crippen LogP contribution is 2.30. The van der Waals surface area contributed by atoms with E-state index < -0.39 is 0 Å². The van der Waals surface area contributed by atoms with Gasteiger partial charge in [0.25, 0.3) is 0 Å². The van der Waals surface area contributed by atoms with E-state index in [0.717, 1.165) is 0 Å². The minimum atomic E-state index is 0.504. The molecule has 0 aromatic rings. The summed E-state index contributed by atoms with van der Waals surface area (Å²) in [6.45, 7) is 8.74. The van der Waals surface area contributed by atoms with E-state index in [2.05, 4.69) is 46.4 Å². The number of unbranched alkanes of at least 4 members (excludes halogenated alkanes) is 6. The molecule has 0 aromatic carbocycles. The number of rotatable bonds is 9. The van der Waals surface area contributed by atoms with E-state index in [4.69, 9.17) is 0 Å². The number of halogens is 1. The van der Waals surface area contributed by atoms with Crippen molar-refractivity contribution in [3.8, 4) is 0 Å². The van der Waals surface area contributed by atoms with Crippen LogP contribution in [-0.2, 0) is 0 Å². The summed E-state index contributed by atoms with van der Waals surface area (Å²) < 4.78 is 0.504. The minimum absolute atomic E-state index is 0.504. The Kier molecular flexibility index (Phi) is 9.87. The number of thioether (sulfide) groups is 1. The normalized spacial score (nSPS) is 20.4. The molecule has 1 fully saturated rings. The average Bonchev–Trinajstić information content (AvgIpc) is 2.54. The van der Waals surface area contributed by atoms with Gasteiger partial charge < -0.3 is 4.90 Å². The Morgan fingerprint density at radius 1 is 0.947 bits per heavy atom. The van der Waals surface area contributed by atoms with Gasteiger partial charge in [-0.05, 0) is 32.4 Å². The van der Waals surface area contributed by atoms with Gasteiger partial charge in [0.2, 0.25) is 0 Å². The largest absolute Gasteiger partial charge is 0.302 e. The van der Waals surface area contributed by atoms with Gasteiger partial charge in [0.1, 0.15) is 0 Å².